The van der Waals surface area contributed by atoms with E-state index in [1.54, 1.807) is 13.0 Å². The molecule has 1 aromatic heterocycles. The van der Waals surface area contributed by atoms with Crippen molar-refractivity contribution in [3.05, 3.63) is 11.8 Å². The monoisotopic (exact) mass is 257 g/mol. The van der Waals surface area contributed by atoms with Gasteiger partial charge in [0.2, 0.25) is 0 Å². The molecule has 2 rings (SSSR count). The van der Waals surface area contributed by atoms with Crippen molar-refractivity contribution < 1.29 is 23.8 Å². The number of rotatable bonds is 6. The summed E-state index contributed by atoms with van der Waals surface area (Å²) in [5.74, 6) is 1.03. The Morgan fingerprint density at radius 3 is 3.06 bits per heavy atom. The molecule has 102 valence electrons. The number of hydrogen-bond acceptors (Lipinski definition) is 6. The van der Waals surface area contributed by atoms with Crippen LogP contribution in [0.4, 0.5) is 0 Å². The maximum Gasteiger partial charge on any atom is 0.254 e. The molecule has 2 atom stereocenters. The summed E-state index contributed by atoms with van der Waals surface area (Å²) in [7, 11) is 0. The Bertz CT molecular complexity index is 348. The molecular weight excluding hydrogens is 238 g/mol. The van der Waals surface area contributed by atoms with Gasteiger partial charge in [-0.1, -0.05) is 0 Å². The average molecular weight is 257 g/mol. The second kappa shape index (κ2) is 6.72. The van der Waals surface area contributed by atoms with Gasteiger partial charge in [-0.05, 0) is 31.3 Å². The van der Waals surface area contributed by atoms with Crippen LogP contribution in [-0.4, -0.2) is 42.5 Å². The maximum absolute atomic E-state index is 9.22. The summed E-state index contributed by atoms with van der Waals surface area (Å²) in [6.07, 6.45) is 2.44. The molecule has 1 aromatic rings. The van der Waals surface area contributed by atoms with E-state index in [4.69, 9.17) is 18.7 Å². The molecule has 0 radical (unpaired) electrons. The van der Waals surface area contributed by atoms with Gasteiger partial charge in [0.25, 0.3) is 5.88 Å². The second-order valence-corrected chi connectivity index (χ2v) is 4.33. The molecule has 0 saturated carbocycles. The van der Waals surface area contributed by atoms with Gasteiger partial charge in [-0.15, -0.1) is 0 Å². The van der Waals surface area contributed by atoms with E-state index in [1.165, 1.54) is 0 Å². The van der Waals surface area contributed by atoms with Gasteiger partial charge in [0.1, 0.15) is 11.9 Å². The van der Waals surface area contributed by atoms with Crippen molar-refractivity contribution in [3.63, 3.8) is 0 Å². The lowest BCUT2D eigenvalue weighted by atomic mass is 10.2. The van der Waals surface area contributed by atoms with Gasteiger partial charge in [-0.2, -0.15) is 0 Å². The Labute approximate surface area is 106 Å². The minimum absolute atomic E-state index is 0.140. The molecule has 1 aliphatic heterocycles. The Balaban J connectivity index is 1.74. The number of aliphatic hydroxyl groups is 1. The zero-order valence-corrected chi connectivity index (χ0v) is 10.5. The zero-order chi connectivity index (χ0) is 12.8. The summed E-state index contributed by atoms with van der Waals surface area (Å²) in [6.45, 7) is 2.64. The smallest absolute Gasteiger partial charge is 0.254 e. The molecule has 6 heteroatoms. The standard InChI is InChI=1S/C12H19NO5/c1-9-6-11(13-18-9)17-10(7-14)8-16-12-4-2-3-5-15-12/h6,10,12,14H,2-5,7-8H2,1H3/t10-,12?/m0/s1. The fourth-order valence-electron chi connectivity index (χ4n) is 1.75. The van der Waals surface area contributed by atoms with E-state index in [1.807, 2.05) is 0 Å². The van der Waals surface area contributed by atoms with Crippen LogP contribution in [0.5, 0.6) is 5.88 Å². The predicted molar refractivity (Wildman–Crippen MR) is 62.3 cm³/mol. The fraction of sp³-hybridized carbons (Fsp3) is 0.750. The highest BCUT2D eigenvalue weighted by Crippen LogP contribution is 2.15. The van der Waals surface area contributed by atoms with Crippen molar-refractivity contribution in [3.8, 4) is 5.88 Å². The molecule has 1 saturated heterocycles. The number of aromatic nitrogens is 1. The molecule has 1 fully saturated rings. The predicted octanol–water partition coefficient (Wildman–Crippen LogP) is 1.27. The molecule has 0 amide bonds. The summed E-state index contributed by atoms with van der Waals surface area (Å²) < 4.78 is 21.3. The van der Waals surface area contributed by atoms with Crippen LogP contribution in [0.15, 0.2) is 10.6 Å². The highest BCUT2D eigenvalue weighted by molar-refractivity contribution is 5.09. The minimum Gasteiger partial charge on any atom is -0.467 e. The van der Waals surface area contributed by atoms with E-state index in [9.17, 15) is 5.11 Å². The van der Waals surface area contributed by atoms with Gasteiger partial charge in [0, 0.05) is 12.7 Å². The van der Waals surface area contributed by atoms with Crippen molar-refractivity contribution in [2.45, 2.75) is 38.6 Å². The number of ether oxygens (including phenoxy) is 3. The van der Waals surface area contributed by atoms with Crippen LogP contribution in [-0.2, 0) is 9.47 Å². The van der Waals surface area contributed by atoms with Gasteiger partial charge in [-0.3, -0.25) is 0 Å². The molecule has 0 spiro atoms. The normalized spacial score (nSPS) is 21.8. The van der Waals surface area contributed by atoms with Crippen molar-refractivity contribution in [2.24, 2.45) is 0 Å². The third kappa shape index (κ3) is 3.97. The molecule has 0 aliphatic carbocycles. The van der Waals surface area contributed by atoms with Crippen LogP contribution in [0.2, 0.25) is 0 Å². The lowest BCUT2D eigenvalue weighted by Gasteiger charge is -2.24. The molecule has 18 heavy (non-hydrogen) atoms. The first-order valence-corrected chi connectivity index (χ1v) is 6.22. The van der Waals surface area contributed by atoms with E-state index in [2.05, 4.69) is 5.16 Å². The number of aliphatic hydroxyl groups excluding tert-OH is 1. The van der Waals surface area contributed by atoms with Crippen LogP contribution >= 0.6 is 0 Å². The highest BCUT2D eigenvalue weighted by atomic mass is 16.7. The SMILES string of the molecule is Cc1cc(O[C@@H](CO)COC2CCCCO2)no1. The van der Waals surface area contributed by atoms with Gasteiger partial charge in [-0.25, -0.2) is 0 Å². The summed E-state index contributed by atoms with van der Waals surface area (Å²) in [4.78, 5) is 0. The lowest BCUT2D eigenvalue weighted by Crippen LogP contribution is -2.32. The van der Waals surface area contributed by atoms with Crippen LogP contribution in [0.25, 0.3) is 0 Å². The Hall–Kier alpha value is -1.11. The second-order valence-electron chi connectivity index (χ2n) is 4.33. The highest BCUT2D eigenvalue weighted by Gasteiger charge is 2.18. The van der Waals surface area contributed by atoms with E-state index < -0.39 is 6.10 Å². The number of aryl methyl sites for hydroxylation is 1. The zero-order valence-electron chi connectivity index (χ0n) is 10.5. The Kier molecular flexibility index (Phi) is 4.98. The first-order chi connectivity index (χ1) is 8.78. The summed E-state index contributed by atoms with van der Waals surface area (Å²) in [5.41, 5.74) is 0. The number of hydrogen-bond donors (Lipinski definition) is 1. The van der Waals surface area contributed by atoms with E-state index >= 15 is 0 Å². The van der Waals surface area contributed by atoms with Crippen LogP contribution in [0.1, 0.15) is 25.0 Å². The van der Waals surface area contributed by atoms with Gasteiger partial charge < -0.3 is 23.8 Å². The largest absolute Gasteiger partial charge is 0.467 e. The van der Waals surface area contributed by atoms with Gasteiger partial charge >= 0.3 is 0 Å². The lowest BCUT2D eigenvalue weighted by molar-refractivity contribution is -0.175. The molecule has 1 unspecified atom stereocenters. The summed E-state index contributed by atoms with van der Waals surface area (Å²) in [5, 5.41) is 12.9. The summed E-state index contributed by atoms with van der Waals surface area (Å²) >= 11 is 0. The molecule has 6 nitrogen and oxygen atoms in total. The Morgan fingerprint density at radius 1 is 1.56 bits per heavy atom. The van der Waals surface area contributed by atoms with Crippen LogP contribution in [0.3, 0.4) is 0 Å². The third-order valence-electron chi connectivity index (χ3n) is 2.70. The molecule has 1 aliphatic rings. The quantitative estimate of drug-likeness (QED) is 0.827. The third-order valence-corrected chi connectivity index (χ3v) is 2.70. The topological polar surface area (TPSA) is 74.0 Å². The average Bonchev–Trinajstić information content (AvgIpc) is 2.81. The van der Waals surface area contributed by atoms with Gasteiger partial charge in [0.15, 0.2) is 6.29 Å². The van der Waals surface area contributed by atoms with E-state index in [-0.39, 0.29) is 19.5 Å². The minimum atomic E-state index is -0.458. The van der Waals surface area contributed by atoms with Crippen molar-refractivity contribution >= 4 is 0 Å². The molecule has 1 N–H and O–H groups in total. The van der Waals surface area contributed by atoms with Crippen molar-refractivity contribution in [1.82, 2.24) is 5.16 Å². The van der Waals surface area contributed by atoms with Crippen molar-refractivity contribution in [2.75, 3.05) is 19.8 Å². The molecule has 0 bridgehead atoms. The van der Waals surface area contributed by atoms with E-state index in [0.29, 0.717) is 11.6 Å². The fourth-order valence-corrected chi connectivity index (χ4v) is 1.75. The number of nitrogens with zero attached hydrogens (tertiary/aromatic N) is 1. The first-order valence-electron chi connectivity index (χ1n) is 6.22. The van der Waals surface area contributed by atoms with Crippen LogP contribution < -0.4 is 4.74 Å². The Morgan fingerprint density at radius 2 is 2.44 bits per heavy atom. The van der Waals surface area contributed by atoms with Crippen molar-refractivity contribution in [1.29, 1.82) is 0 Å². The molecule has 2 heterocycles. The molecular formula is C12H19NO5. The summed E-state index contributed by atoms with van der Waals surface area (Å²) in [6, 6.07) is 1.67. The molecule has 0 aromatic carbocycles. The van der Waals surface area contributed by atoms with Crippen LogP contribution in [0, 0.1) is 6.92 Å². The maximum atomic E-state index is 9.22. The van der Waals surface area contributed by atoms with E-state index in [0.717, 1.165) is 25.9 Å². The van der Waals surface area contributed by atoms with Gasteiger partial charge in [0.05, 0.1) is 13.2 Å². The first kappa shape index (κ1) is 13.3.